The third kappa shape index (κ3) is 3.45. The Bertz CT molecular complexity index is 899. The molecule has 3 aromatic rings. The van der Waals surface area contributed by atoms with Crippen LogP contribution in [0.1, 0.15) is 12.8 Å². The lowest BCUT2D eigenvalue weighted by atomic mass is 10.1. The summed E-state index contributed by atoms with van der Waals surface area (Å²) in [6.07, 6.45) is 4.57. The summed E-state index contributed by atoms with van der Waals surface area (Å²) in [6.45, 7) is 6.14. The van der Waals surface area contributed by atoms with Crippen molar-refractivity contribution < 1.29 is 4.74 Å². The van der Waals surface area contributed by atoms with Gasteiger partial charge in [0.2, 0.25) is 0 Å². The Morgan fingerprint density at radius 2 is 1.93 bits per heavy atom. The van der Waals surface area contributed by atoms with Gasteiger partial charge >= 0.3 is 0 Å². The fourth-order valence-corrected chi connectivity index (χ4v) is 5.06. The Kier molecular flexibility index (Phi) is 4.78. The molecule has 0 bridgehead atoms. The number of anilines is 1. The molecule has 4 heterocycles. The molecule has 0 spiro atoms. The van der Waals surface area contributed by atoms with Gasteiger partial charge in [0.1, 0.15) is 17.0 Å². The van der Waals surface area contributed by atoms with Gasteiger partial charge in [0.15, 0.2) is 0 Å². The molecule has 140 valence electrons. The van der Waals surface area contributed by atoms with Crippen LogP contribution in [0, 0.1) is 0 Å². The largest absolute Gasteiger partial charge is 0.377 e. The lowest BCUT2D eigenvalue weighted by Crippen LogP contribution is -2.48. The fourth-order valence-electron chi connectivity index (χ4n) is 4.15. The predicted octanol–water partition coefficient (Wildman–Crippen LogP) is 3.66. The first-order valence-corrected chi connectivity index (χ1v) is 10.6. The Morgan fingerprint density at radius 3 is 2.70 bits per heavy atom. The molecule has 0 N–H and O–H groups in total. The van der Waals surface area contributed by atoms with E-state index in [0.717, 1.165) is 50.0 Å². The normalized spacial score (nSPS) is 21.2. The molecule has 1 aromatic carbocycles. The SMILES string of the molecule is c1ccc(-c2csc3ncnc(N4CCN(C[C@@H]5CCCO5)CC4)c23)cc1. The number of rotatable bonds is 4. The zero-order valence-corrected chi connectivity index (χ0v) is 16.2. The molecule has 0 aliphatic carbocycles. The standard InChI is InChI=1S/C21H24N4OS/c1-2-5-16(6-3-1)18-14-27-21-19(18)20(22-15-23-21)25-10-8-24(9-11-25)13-17-7-4-12-26-17/h1-3,5-6,14-15,17H,4,7-13H2/t17-/m0/s1. The zero-order valence-electron chi connectivity index (χ0n) is 15.4. The van der Waals surface area contributed by atoms with E-state index in [0.29, 0.717) is 6.10 Å². The minimum Gasteiger partial charge on any atom is -0.377 e. The third-order valence-corrected chi connectivity index (χ3v) is 6.48. The van der Waals surface area contributed by atoms with Crippen molar-refractivity contribution in [2.24, 2.45) is 0 Å². The van der Waals surface area contributed by atoms with Crippen LogP contribution in [0.3, 0.4) is 0 Å². The maximum Gasteiger partial charge on any atom is 0.141 e. The summed E-state index contributed by atoms with van der Waals surface area (Å²) >= 11 is 1.70. The summed E-state index contributed by atoms with van der Waals surface area (Å²) in [7, 11) is 0. The molecule has 0 amide bonds. The molecule has 0 radical (unpaired) electrons. The van der Waals surface area contributed by atoms with Gasteiger partial charge in [-0.05, 0) is 18.4 Å². The van der Waals surface area contributed by atoms with E-state index in [-0.39, 0.29) is 0 Å². The Balaban J connectivity index is 1.38. The van der Waals surface area contributed by atoms with E-state index in [1.807, 2.05) is 0 Å². The summed E-state index contributed by atoms with van der Waals surface area (Å²) in [4.78, 5) is 15.2. The van der Waals surface area contributed by atoms with Gasteiger partial charge in [0, 0.05) is 50.3 Å². The van der Waals surface area contributed by atoms with Crippen molar-refractivity contribution in [3.05, 3.63) is 42.0 Å². The van der Waals surface area contributed by atoms with Crippen molar-refractivity contribution in [3.8, 4) is 11.1 Å². The number of ether oxygens (including phenoxy) is 1. The van der Waals surface area contributed by atoms with E-state index >= 15 is 0 Å². The van der Waals surface area contributed by atoms with Crippen molar-refractivity contribution in [2.45, 2.75) is 18.9 Å². The highest BCUT2D eigenvalue weighted by molar-refractivity contribution is 7.17. The Labute approximate surface area is 163 Å². The Hall–Kier alpha value is -2.02. The zero-order chi connectivity index (χ0) is 18.1. The third-order valence-electron chi connectivity index (χ3n) is 5.59. The number of aromatic nitrogens is 2. The summed E-state index contributed by atoms with van der Waals surface area (Å²) in [5.74, 6) is 1.08. The molecule has 0 unspecified atom stereocenters. The van der Waals surface area contributed by atoms with E-state index < -0.39 is 0 Å². The van der Waals surface area contributed by atoms with Crippen molar-refractivity contribution in [3.63, 3.8) is 0 Å². The number of fused-ring (bicyclic) bond motifs is 1. The predicted molar refractivity (Wildman–Crippen MR) is 110 cm³/mol. The number of hydrogen-bond acceptors (Lipinski definition) is 6. The first-order chi connectivity index (χ1) is 13.4. The summed E-state index contributed by atoms with van der Waals surface area (Å²) in [5, 5.41) is 3.41. The molecule has 2 aromatic heterocycles. The van der Waals surface area contributed by atoms with Crippen molar-refractivity contribution in [2.75, 3.05) is 44.2 Å². The van der Waals surface area contributed by atoms with Gasteiger partial charge in [0.25, 0.3) is 0 Å². The van der Waals surface area contributed by atoms with Gasteiger partial charge in [-0.15, -0.1) is 11.3 Å². The first-order valence-electron chi connectivity index (χ1n) is 9.75. The minimum atomic E-state index is 0.434. The topological polar surface area (TPSA) is 41.5 Å². The number of nitrogens with zero attached hydrogens (tertiary/aromatic N) is 4. The van der Waals surface area contributed by atoms with E-state index in [1.165, 1.54) is 29.4 Å². The van der Waals surface area contributed by atoms with E-state index in [2.05, 4.69) is 50.5 Å². The van der Waals surface area contributed by atoms with Gasteiger partial charge in [-0.25, -0.2) is 9.97 Å². The Morgan fingerprint density at radius 1 is 1.07 bits per heavy atom. The maximum atomic E-state index is 5.80. The average molecular weight is 381 g/mol. The van der Waals surface area contributed by atoms with Crippen LogP contribution in [0.25, 0.3) is 21.3 Å². The van der Waals surface area contributed by atoms with Crippen LogP contribution >= 0.6 is 11.3 Å². The van der Waals surface area contributed by atoms with Gasteiger partial charge in [0.05, 0.1) is 11.5 Å². The lowest BCUT2D eigenvalue weighted by molar-refractivity contribution is 0.0712. The minimum absolute atomic E-state index is 0.434. The summed E-state index contributed by atoms with van der Waals surface area (Å²) in [5.41, 5.74) is 2.48. The molecule has 27 heavy (non-hydrogen) atoms. The summed E-state index contributed by atoms with van der Waals surface area (Å²) in [6, 6.07) is 10.6. The second kappa shape index (κ2) is 7.54. The quantitative estimate of drug-likeness (QED) is 0.691. The highest BCUT2D eigenvalue weighted by Crippen LogP contribution is 2.37. The smallest absolute Gasteiger partial charge is 0.141 e. The van der Waals surface area contributed by atoms with Crippen LogP contribution in [0.2, 0.25) is 0 Å². The first kappa shape index (κ1) is 17.1. The van der Waals surface area contributed by atoms with Crippen LogP contribution < -0.4 is 4.90 Å². The van der Waals surface area contributed by atoms with Gasteiger partial charge in [-0.3, -0.25) is 4.90 Å². The highest BCUT2D eigenvalue weighted by atomic mass is 32.1. The molecule has 2 fully saturated rings. The number of hydrogen-bond donors (Lipinski definition) is 0. The van der Waals surface area contributed by atoms with Crippen molar-refractivity contribution >= 4 is 27.4 Å². The van der Waals surface area contributed by atoms with Crippen LogP contribution in [0.5, 0.6) is 0 Å². The molecule has 0 saturated carbocycles. The molecule has 2 aliphatic heterocycles. The average Bonchev–Trinajstić information content (AvgIpc) is 3.39. The van der Waals surface area contributed by atoms with Crippen LogP contribution in [0.4, 0.5) is 5.82 Å². The second-order valence-corrected chi connectivity index (χ2v) is 8.17. The lowest BCUT2D eigenvalue weighted by Gasteiger charge is -2.36. The number of thiophene rings is 1. The second-order valence-electron chi connectivity index (χ2n) is 7.32. The molecule has 2 saturated heterocycles. The molecule has 5 nitrogen and oxygen atoms in total. The van der Waals surface area contributed by atoms with Crippen LogP contribution in [0.15, 0.2) is 42.0 Å². The van der Waals surface area contributed by atoms with Crippen LogP contribution in [-0.2, 0) is 4.74 Å². The van der Waals surface area contributed by atoms with Crippen molar-refractivity contribution in [1.29, 1.82) is 0 Å². The van der Waals surface area contributed by atoms with Gasteiger partial charge in [-0.1, -0.05) is 30.3 Å². The highest BCUT2D eigenvalue weighted by Gasteiger charge is 2.25. The molecular weight excluding hydrogens is 356 g/mol. The number of benzene rings is 1. The fraction of sp³-hybridized carbons (Fsp3) is 0.429. The molecular formula is C21H24N4OS. The molecule has 1 atom stereocenters. The number of piperazine rings is 1. The molecule has 2 aliphatic rings. The van der Waals surface area contributed by atoms with Crippen LogP contribution in [-0.4, -0.2) is 60.3 Å². The monoisotopic (exact) mass is 380 g/mol. The summed E-state index contributed by atoms with van der Waals surface area (Å²) < 4.78 is 5.80. The van der Waals surface area contributed by atoms with Gasteiger partial charge < -0.3 is 9.64 Å². The van der Waals surface area contributed by atoms with Crippen molar-refractivity contribution in [1.82, 2.24) is 14.9 Å². The van der Waals surface area contributed by atoms with Gasteiger partial charge in [-0.2, -0.15) is 0 Å². The molecule has 5 rings (SSSR count). The molecule has 6 heteroatoms. The van der Waals surface area contributed by atoms with E-state index in [1.54, 1.807) is 17.7 Å². The van der Waals surface area contributed by atoms with E-state index in [9.17, 15) is 0 Å². The maximum absolute atomic E-state index is 5.80. The van der Waals surface area contributed by atoms with E-state index in [4.69, 9.17) is 9.72 Å².